The van der Waals surface area contributed by atoms with Crippen LogP contribution in [0.25, 0.3) is 0 Å². The van der Waals surface area contributed by atoms with E-state index < -0.39 is 5.60 Å². The Morgan fingerprint density at radius 2 is 1.96 bits per heavy atom. The Balaban J connectivity index is 1.82. The van der Waals surface area contributed by atoms with Crippen LogP contribution in [0.15, 0.2) is 28.7 Å². The second kappa shape index (κ2) is 7.34. The van der Waals surface area contributed by atoms with Gasteiger partial charge in [0.1, 0.15) is 11.4 Å². The molecule has 0 aliphatic carbocycles. The number of benzene rings is 1. The van der Waals surface area contributed by atoms with Gasteiger partial charge in [-0.25, -0.2) is 4.79 Å². The second-order valence-corrected chi connectivity index (χ2v) is 8.34. The van der Waals surface area contributed by atoms with E-state index in [1.807, 2.05) is 39.0 Å². The lowest BCUT2D eigenvalue weighted by Crippen LogP contribution is -2.40. The first-order valence-corrected chi connectivity index (χ1v) is 9.53. The van der Waals surface area contributed by atoms with Crippen molar-refractivity contribution in [1.29, 1.82) is 0 Å². The maximum atomic E-state index is 12.7. The molecule has 27 heavy (non-hydrogen) atoms. The lowest BCUT2D eigenvalue weighted by atomic mass is 10.1. The summed E-state index contributed by atoms with van der Waals surface area (Å²) in [5.74, 6) is 0.363. The van der Waals surface area contributed by atoms with Crippen LogP contribution >= 0.6 is 15.9 Å². The molecule has 1 N–H and O–H groups in total. The van der Waals surface area contributed by atoms with Crippen molar-refractivity contribution in [3.63, 3.8) is 0 Å². The fourth-order valence-electron chi connectivity index (χ4n) is 2.96. The van der Waals surface area contributed by atoms with Crippen LogP contribution in [0.5, 0.6) is 0 Å². The second-order valence-electron chi connectivity index (χ2n) is 7.48. The molecule has 0 unspecified atom stereocenters. The third-order valence-electron chi connectivity index (χ3n) is 4.20. The van der Waals surface area contributed by atoms with Crippen LogP contribution in [0.4, 0.5) is 10.6 Å². The van der Waals surface area contributed by atoms with E-state index in [1.165, 1.54) is 0 Å². The summed E-state index contributed by atoms with van der Waals surface area (Å²) in [6.45, 7) is 6.41. The van der Waals surface area contributed by atoms with Gasteiger partial charge in [-0.15, -0.1) is 0 Å². The lowest BCUT2D eigenvalue weighted by molar-refractivity contribution is 0.0224. The molecular formula is C19H23BrN4O3. The molecule has 3 rings (SSSR count). The first-order valence-electron chi connectivity index (χ1n) is 8.74. The summed E-state index contributed by atoms with van der Waals surface area (Å²) in [6, 6.07) is 7.22. The van der Waals surface area contributed by atoms with E-state index in [2.05, 4.69) is 26.3 Å². The van der Waals surface area contributed by atoms with E-state index in [0.29, 0.717) is 35.4 Å². The zero-order chi connectivity index (χ0) is 19.8. The number of rotatable bonds is 2. The maximum Gasteiger partial charge on any atom is 0.410 e. The summed E-state index contributed by atoms with van der Waals surface area (Å²) >= 11 is 3.40. The molecule has 0 atom stereocenters. The van der Waals surface area contributed by atoms with Crippen LogP contribution in [-0.4, -0.2) is 38.8 Å². The summed E-state index contributed by atoms with van der Waals surface area (Å²) in [6.07, 6.45) is 0.257. The minimum atomic E-state index is -0.553. The third kappa shape index (κ3) is 4.32. The minimum Gasteiger partial charge on any atom is -0.444 e. The lowest BCUT2D eigenvalue weighted by Gasteiger charge is -2.29. The Morgan fingerprint density at radius 1 is 1.26 bits per heavy atom. The molecule has 8 heteroatoms. The molecule has 2 heterocycles. The highest BCUT2D eigenvalue weighted by atomic mass is 79.9. The van der Waals surface area contributed by atoms with Gasteiger partial charge in [-0.1, -0.05) is 12.1 Å². The van der Waals surface area contributed by atoms with E-state index in [-0.39, 0.29) is 12.0 Å². The summed E-state index contributed by atoms with van der Waals surface area (Å²) < 4.78 is 7.84. The number of carbonyl (C=O) groups is 2. The summed E-state index contributed by atoms with van der Waals surface area (Å²) in [5.41, 5.74) is 1.71. The molecule has 0 radical (unpaired) electrons. The van der Waals surface area contributed by atoms with Crippen molar-refractivity contribution in [2.45, 2.75) is 39.3 Å². The Labute approximate surface area is 166 Å². The van der Waals surface area contributed by atoms with Gasteiger partial charge in [0.05, 0.1) is 17.8 Å². The van der Waals surface area contributed by atoms with Crippen molar-refractivity contribution >= 4 is 33.7 Å². The van der Waals surface area contributed by atoms with Crippen molar-refractivity contribution in [2.24, 2.45) is 7.05 Å². The highest BCUT2D eigenvalue weighted by Gasteiger charge is 2.30. The normalized spacial score (nSPS) is 13.9. The van der Waals surface area contributed by atoms with Gasteiger partial charge in [0.25, 0.3) is 5.91 Å². The van der Waals surface area contributed by atoms with E-state index in [9.17, 15) is 9.59 Å². The van der Waals surface area contributed by atoms with Gasteiger partial charge in [-0.3, -0.25) is 9.48 Å². The molecule has 0 bridgehead atoms. The molecule has 0 saturated carbocycles. The number of aromatic nitrogens is 2. The number of anilines is 1. The summed E-state index contributed by atoms with van der Waals surface area (Å²) in [5, 5.41) is 7.44. The number of fused-ring (bicyclic) bond motifs is 1. The molecule has 7 nitrogen and oxygen atoms in total. The highest BCUT2D eigenvalue weighted by Crippen LogP contribution is 2.28. The van der Waals surface area contributed by atoms with Crippen molar-refractivity contribution in [3.8, 4) is 0 Å². The van der Waals surface area contributed by atoms with Crippen molar-refractivity contribution in [3.05, 3.63) is 45.6 Å². The third-order valence-corrected chi connectivity index (χ3v) is 4.89. The van der Waals surface area contributed by atoms with Crippen molar-refractivity contribution in [2.75, 3.05) is 11.9 Å². The predicted molar refractivity (Wildman–Crippen MR) is 106 cm³/mol. The Morgan fingerprint density at radius 3 is 2.63 bits per heavy atom. The number of ether oxygens (including phenoxy) is 1. The number of nitrogens with one attached hydrogen (secondary N) is 1. The van der Waals surface area contributed by atoms with Gasteiger partial charge in [0.2, 0.25) is 0 Å². The molecule has 0 spiro atoms. The van der Waals surface area contributed by atoms with Crippen molar-refractivity contribution in [1.82, 2.24) is 14.7 Å². The maximum absolute atomic E-state index is 12.7. The number of halogens is 1. The average molecular weight is 435 g/mol. The molecule has 1 aliphatic rings. The molecule has 1 aromatic heterocycles. The first kappa shape index (κ1) is 19.4. The molecule has 1 aliphatic heterocycles. The van der Waals surface area contributed by atoms with Crippen LogP contribution < -0.4 is 5.32 Å². The monoisotopic (exact) mass is 434 g/mol. The largest absolute Gasteiger partial charge is 0.444 e. The zero-order valence-corrected chi connectivity index (χ0v) is 17.5. The summed E-state index contributed by atoms with van der Waals surface area (Å²) in [7, 11) is 1.78. The number of hydrogen-bond acceptors (Lipinski definition) is 4. The fourth-order valence-corrected chi connectivity index (χ4v) is 3.42. The van der Waals surface area contributed by atoms with Crippen molar-refractivity contribution < 1.29 is 14.3 Å². The highest BCUT2D eigenvalue weighted by molar-refractivity contribution is 9.10. The summed E-state index contributed by atoms with van der Waals surface area (Å²) in [4.78, 5) is 26.7. The van der Waals surface area contributed by atoms with Crippen LogP contribution in [0.2, 0.25) is 0 Å². The van der Waals surface area contributed by atoms with Gasteiger partial charge in [-0.05, 0) is 48.8 Å². The van der Waals surface area contributed by atoms with Gasteiger partial charge in [0, 0.05) is 30.0 Å². The molecule has 144 valence electrons. The smallest absolute Gasteiger partial charge is 0.410 e. The van der Waals surface area contributed by atoms with E-state index in [4.69, 9.17) is 4.74 Å². The van der Waals surface area contributed by atoms with Crippen LogP contribution in [0, 0.1) is 0 Å². The molecule has 2 aromatic rings. The van der Waals surface area contributed by atoms with E-state index in [1.54, 1.807) is 22.7 Å². The van der Waals surface area contributed by atoms with Gasteiger partial charge < -0.3 is 15.0 Å². The Kier molecular flexibility index (Phi) is 5.28. The minimum absolute atomic E-state index is 0.234. The number of aryl methyl sites for hydroxylation is 1. The number of hydrogen-bond donors (Lipinski definition) is 1. The molecule has 1 aromatic carbocycles. The van der Waals surface area contributed by atoms with Gasteiger partial charge in [-0.2, -0.15) is 5.10 Å². The first-order chi connectivity index (χ1) is 12.7. The molecular weight excluding hydrogens is 412 g/mol. The van der Waals surface area contributed by atoms with E-state index >= 15 is 0 Å². The van der Waals surface area contributed by atoms with E-state index in [0.717, 1.165) is 11.3 Å². The molecule has 0 fully saturated rings. The SMILES string of the molecule is Cn1nc2c(c1NC(=O)c1ccccc1Br)CN(C(=O)OC(C)(C)C)CC2. The average Bonchev–Trinajstić information content (AvgIpc) is 2.88. The number of carbonyl (C=O) groups excluding carboxylic acids is 2. The predicted octanol–water partition coefficient (Wildman–Crippen LogP) is 3.73. The molecule has 0 saturated heterocycles. The number of nitrogens with zero attached hydrogens (tertiary/aromatic N) is 3. The van der Waals surface area contributed by atoms with Crippen LogP contribution in [0.1, 0.15) is 42.4 Å². The Bertz CT molecular complexity index is 886. The molecule has 2 amide bonds. The standard InChI is InChI=1S/C19H23BrN4O3/c1-19(2,3)27-18(26)24-10-9-15-13(11-24)16(23(4)22-15)21-17(25)12-7-5-6-8-14(12)20/h5-8H,9-11H2,1-4H3,(H,21,25). The quantitative estimate of drug-likeness (QED) is 0.780. The van der Waals surface area contributed by atoms with Crippen LogP contribution in [0.3, 0.4) is 0 Å². The van der Waals surface area contributed by atoms with Gasteiger partial charge in [0.15, 0.2) is 0 Å². The topological polar surface area (TPSA) is 76.5 Å². The fraction of sp³-hybridized carbons (Fsp3) is 0.421. The van der Waals surface area contributed by atoms with Gasteiger partial charge >= 0.3 is 6.09 Å². The zero-order valence-electron chi connectivity index (χ0n) is 15.9. The number of amides is 2. The van der Waals surface area contributed by atoms with Crippen LogP contribution in [-0.2, 0) is 24.8 Å². The Hall–Kier alpha value is -2.35.